The van der Waals surface area contributed by atoms with Gasteiger partial charge in [-0.3, -0.25) is 4.98 Å². The molecule has 0 bridgehead atoms. The predicted molar refractivity (Wildman–Crippen MR) is 57.4 cm³/mol. The standard InChI is InChI=1S/C11H16N2/c1-4-5-11-9(12)6-7-10(13-11)8(2)3/h4-8H,12H2,1-3H3/b5-4-. The molecule has 0 saturated carbocycles. The molecule has 0 amide bonds. The van der Waals surface area contributed by atoms with Gasteiger partial charge in [-0.25, -0.2) is 0 Å². The molecule has 1 rings (SSSR count). The van der Waals surface area contributed by atoms with Crippen molar-refractivity contribution in [1.29, 1.82) is 0 Å². The number of rotatable bonds is 2. The zero-order valence-electron chi connectivity index (χ0n) is 8.41. The molecule has 0 aromatic carbocycles. The summed E-state index contributed by atoms with van der Waals surface area (Å²) in [6.45, 7) is 6.21. The van der Waals surface area contributed by atoms with Crippen molar-refractivity contribution in [2.75, 3.05) is 5.73 Å². The molecule has 2 heteroatoms. The van der Waals surface area contributed by atoms with E-state index in [1.54, 1.807) is 0 Å². The van der Waals surface area contributed by atoms with E-state index in [4.69, 9.17) is 5.73 Å². The molecule has 0 fully saturated rings. The maximum Gasteiger partial charge on any atom is 0.0859 e. The van der Waals surface area contributed by atoms with Gasteiger partial charge in [-0.1, -0.05) is 19.9 Å². The molecule has 1 aromatic rings. The molecular weight excluding hydrogens is 160 g/mol. The maximum atomic E-state index is 5.76. The van der Waals surface area contributed by atoms with Gasteiger partial charge in [0.15, 0.2) is 0 Å². The molecule has 70 valence electrons. The highest BCUT2D eigenvalue weighted by molar-refractivity contribution is 5.60. The minimum Gasteiger partial charge on any atom is -0.397 e. The first-order valence-corrected chi connectivity index (χ1v) is 4.54. The first kappa shape index (κ1) is 9.78. The fourth-order valence-corrected chi connectivity index (χ4v) is 1.11. The predicted octanol–water partition coefficient (Wildman–Crippen LogP) is 2.82. The summed E-state index contributed by atoms with van der Waals surface area (Å²) in [6, 6.07) is 3.89. The Morgan fingerprint density at radius 1 is 1.38 bits per heavy atom. The number of aromatic nitrogens is 1. The van der Waals surface area contributed by atoms with Gasteiger partial charge in [0.05, 0.1) is 11.4 Å². The monoisotopic (exact) mass is 176 g/mol. The minimum atomic E-state index is 0.449. The lowest BCUT2D eigenvalue weighted by atomic mass is 10.1. The molecule has 0 aliphatic heterocycles. The van der Waals surface area contributed by atoms with Gasteiger partial charge in [-0.2, -0.15) is 0 Å². The molecule has 0 saturated heterocycles. The molecule has 0 atom stereocenters. The Hall–Kier alpha value is -1.31. The van der Waals surface area contributed by atoms with Gasteiger partial charge in [-0.05, 0) is 31.1 Å². The first-order valence-electron chi connectivity index (χ1n) is 4.54. The van der Waals surface area contributed by atoms with Crippen LogP contribution in [0.4, 0.5) is 5.69 Å². The topological polar surface area (TPSA) is 38.9 Å². The van der Waals surface area contributed by atoms with Gasteiger partial charge >= 0.3 is 0 Å². The summed E-state index contributed by atoms with van der Waals surface area (Å²) in [4.78, 5) is 4.45. The van der Waals surface area contributed by atoms with E-state index < -0.39 is 0 Å². The van der Waals surface area contributed by atoms with Crippen LogP contribution in [-0.4, -0.2) is 4.98 Å². The molecule has 1 aromatic heterocycles. The number of hydrogen-bond acceptors (Lipinski definition) is 2. The van der Waals surface area contributed by atoms with E-state index in [1.165, 1.54) is 0 Å². The van der Waals surface area contributed by atoms with Crippen molar-refractivity contribution in [2.24, 2.45) is 0 Å². The normalized spacial score (nSPS) is 11.4. The van der Waals surface area contributed by atoms with Crippen LogP contribution in [0.15, 0.2) is 18.2 Å². The summed E-state index contributed by atoms with van der Waals surface area (Å²) in [7, 11) is 0. The fraction of sp³-hybridized carbons (Fsp3) is 0.364. The van der Waals surface area contributed by atoms with E-state index in [9.17, 15) is 0 Å². The van der Waals surface area contributed by atoms with Crippen LogP contribution in [0, 0.1) is 0 Å². The Labute approximate surface area is 79.5 Å². The van der Waals surface area contributed by atoms with Crippen LogP contribution in [0.5, 0.6) is 0 Å². The number of hydrogen-bond donors (Lipinski definition) is 1. The fourth-order valence-electron chi connectivity index (χ4n) is 1.11. The molecule has 0 aliphatic rings. The smallest absolute Gasteiger partial charge is 0.0859 e. The molecular formula is C11H16N2. The lowest BCUT2D eigenvalue weighted by Gasteiger charge is -2.06. The average Bonchev–Trinajstić information content (AvgIpc) is 2.08. The maximum absolute atomic E-state index is 5.76. The van der Waals surface area contributed by atoms with Crippen molar-refractivity contribution in [3.8, 4) is 0 Å². The highest BCUT2D eigenvalue weighted by Gasteiger charge is 2.02. The molecule has 0 spiro atoms. The third kappa shape index (κ3) is 2.31. The number of nitrogens with zero attached hydrogens (tertiary/aromatic N) is 1. The highest BCUT2D eigenvalue weighted by atomic mass is 14.8. The zero-order chi connectivity index (χ0) is 9.84. The summed E-state index contributed by atoms with van der Waals surface area (Å²) < 4.78 is 0. The Balaban J connectivity index is 3.11. The summed E-state index contributed by atoms with van der Waals surface area (Å²) >= 11 is 0. The highest BCUT2D eigenvalue weighted by Crippen LogP contribution is 2.17. The number of nitrogen functional groups attached to an aromatic ring is 1. The van der Waals surface area contributed by atoms with Crippen LogP contribution >= 0.6 is 0 Å². The second kappa shape index (κ2) is 4.08. The van der Waals surface area contributed by atoms with Gasteiger partial charge in [0.1, 0.15) is 0 Å². The van der Waals surface area contributed by atoms with Crippen LogP contribution in [0.1, 0.15) is 38.1 Å². The van der Waals surface area contributed by atoms with Crippen molar-refractivity contribution >= 4 is 11.8 Å². The third-order valence-corrected chi connectivity index (χ3v) is 1.90. The molecule has 0 unspecified atom stereocenters. The van der Waals surface area contributed by atoms with Crippen molar-refractivity contribution < 1.29 is 0 Å². The van der Waals surface area contributed by atoms with E-state index in [2.05, 4.69) is 18.8 Å². The Bertz CT molecular complexity index is 314. The summed E-state index contributed by atoms with van der Waals surface area (Å²) in [5.41, 5.74) is 8.45. The molecule has 1 heterocycles. The zero-order valence-corrected chi connectivity index (χ0v) is 8.41. The SMILES string of the molecule is C/C=C\c1nc(C(C)C)ccc1N. The van der Waals surface area contributed by atoms with Gasteiger partial charge in [0.2, 0.25) is 0 Å². The Kier molecular flexibility index (Phi) is 3.07. The molecule has 0 aliphatic carbocycles. The minimum absolute atomic E-state index is 0.449. The number of nitrogens with two attached hydrogens (primary N) is 1. The quantitative estimate of drug-likeness (QED) is 0.752. The summed E-state index contributed by atoms with van der Waals surface area (Å²) in [6.07, 6.45) is 3.88. The number of allylic oxidation sites excluding steroid dienone is 1. The average molecular weight is 176 g/mol. The summed E-state index contributed by atoms with van der Waals surface area (Å²) in [5.74, 6) is 0.449. The largest absolute Gasteiger partial charge is 0.397 e. The number of pyridine rings is 1. The third-order valence-electron chi connectivity index (χ3n) is 1.90. The number of anilines is 1. The van der Waals surface area contributed by atoms with Crippen LogP contribution in [0.2, 0.25) is 0 Å². The van der Waals surface area contributed by atoms with E-state index in [1.807, 2.05) is 31.2 Å². The summed E-state index contributed by atoms with van der Waals surface area (Å²) in [5, 5.41) is 0. The van der Waals surface area contributed by atoms with Crippen molar-refractivity contribution in [3.63, 3.8) is 0 Å². The van der Waals surface area contributed by atoms with Gasteiger partial charge < -0.3 is 5.73 Å². The Morgan fingerprint density at radius 3 is 2.62 bits per heavy atom. The van der Waals surface area contributed by atoms with Crippen LogP contribution in [0.3, 0.4) is 0 Å². The van der Waals surface area contributed by atoms with Gasteiger partial charge in [-0.15, -0.1) is 0 Å². The Morgan fingerprint density at radius 2 is 2.08 bits per heavy atom. The lowest BCUT2D eigenvalue weighted by Crippen LogP contribution is -1.98. The molecule has 13 heavy (non-hydrogen) atoms. The second-order valence-electron chi connectivity index (χ2n) is 3.37. The molecule has 2 nitrogen and oxygen atoms in total. The molecule has 2 N–H and O–H groups in total. The van der Waals surface area contributed by atoms with E-state index in [0.717, 1.165) is 17.1 Å². The first-order chi connectivity index (χ1) is 6.15. The van der Waals surface area contributed by atoms with Crippen LogP contribution in [0.25, 0.3) is 6.08 Å². The van der Waals surface area contributed by atoms with E-state index in [-0.39, 0.29) is 0 Å². The molecule has 0 radical (unpaired) electrons. The lowest BCUT2D eigenvalue weighted by molar-refractivity contribution is 0.821. The van der Waals surface area contributed by atoms with Crippen molar-refractivity contribution in [3.05, 3.63) is 29.6 Å². The van der Waals surface area contributed by atoms with Crippen LogP contribution < -0.4 is 5.73 Å². The van der Waals surface area contributed by atoms with Gasteiger partial charge in [0.25, 0.3) is 0 Å². The van der Waals surface area contributed by atoms with E-state index >= 15 is 0 Å². The van der Waals surface area contributed by atoms with E-state index in [0.29, 0.717) is 5.92 Å². The van der Waals surface area contributed by atoms with Crippen LogP contribution in [-0.2, 0) is 0 Å². The van der Waals surface area contributed by atoms with Crippen molar-refractivity contribution in [2.45, 2.75) is 26.7 Å². The van der Waals surface area contributed by atoms with Gasteiger partial charge in [0, 0.05) is 5.69 Å². The second-order valence-corrected chi connectivity index (χ2v) is 3.37. The van der Waals surface area contributed by atoms with Crippen molar-refractivity contribution in [1.82, 2.24) is 4.98 Å².